The zero-order valence-corrected chi connectivity index (χ0v) is 12.6. The number of fused-ring (bicyclic) bond motifs is 1. The number of rotatable bonds is 3. The average molecular weight is 282 g/mol. The Bertz CT molecular complexity index is 713. The number of benzene rings is 2. The Morgan fingerprint density at radius 2 is 1.95 bits per heavy atom. The zero-order valence-electron chi connectivity index (χ0n) is 11.8. The lowest BCUT2D eigenvalue weighted by atomic mass is 9.99. The zero-order chi connectivity index (χ0) is 14.1. The fraction of sp³-hybridized carbons (Fsp3) is 0.235. The van der Waals surface area contributed by atoms with Crippen molar-refractivity contribution in [2.75, 3.05) is 0 Å². The maximum atomic E-state index is 6.36. The van der Waals surface area contributed by atoms with Crippen LogP contribution in [0.4, 0.5) is 0 Å². The first-order valence-electron chi connectivity index (χ1n) is 6.80. The molecule has 0 spiro atoms. The molecule has 3 aromatic rings. The van der Waals surface area contributed by atoms with Gasteiger partial charge >= 0.3 is 0 Å². The van der Waals surface area contributed by atoms with Crippen LogP contribution < -0.4 is 5.73 Å². The van der Waals surface area contributed by atoms with E-state index < -0.39 is 0 Å². The van der Waals surface area contributed by atoms with Gasteiger partial charge in [0.2, 0.25) is 0 Å². The third kappa shape index (κ3) is 2.60. The predicted molar refractivity (Wildman–Crippen MR) is 86.2 cm³/mol. The second-order valence-electron chi connectivity index (χ2n) is 5.26. The molecule has 0 aliphatic carbocycles. The van der Waals surface area contributed by atoms with Crippen LogP contribution in [0.2, 0.25) is 0 Å². The van der Waals surface area contributed by atoms with Crippen molar-refractivity contribution < 1.29 is 0 Å². The molecule has 0 aliphatic heterocycles. The lowest BCUT2D eigenvalue weighted by Crippen LogP contribution is -2.13. The summed E-state index contributed by atoms with van der Waals surface area (Å²) in [6.07, 6.45) is 0.841. The lowest BCUT2D eigenvalue weighted by Gasteiger charge is -2.11. The molecule has 1 aromatic heterocycles. The normalized spacial score (nSPS) is 12.8. The van der Waals surface area contributed by atoms with E-state index in [0.717, 1.165) is 16.9 Å². The molecule has 1 heterocycles. The molecule has 2 nitrogen and oxygen atoms in total. The van der Waals surface area contributed by atoms with Gasteiger partial charge in [0.1, 0.15) is 5.01 Å². The van der Waals surface area contributed by atoms with Crippen molar-refractivity contribution in [3.8, 4) is 0 Å². The van der Waals surface area contributed by atoms with Crippen molar-refractivity contribution in [3.63, 3.8) is 0 Å². The Hall–Kier alpha value is -1.71. The minimum Gasteiger partial charge on any atom is -0.322 e. The molecule has 102 valence electrons. The fourth-order valence-electron chi connectivity index (χ4n) is 2.39. The largest absolute Gasteiger partial charge is 0.322 e. The Labute approximate surface area is 123 Å². The molecule has 0 saturated heterocycles. The van der Waals surface area contributed by atoms with E-state index in [2.05, 4.69) is 43.1 Å². The minimum absolute atomic E-state index is 0.0344. The molecule has 1 unspecified atom stereocenters. The summed E-state index contributed by atoms with van der Waals surface area (Å²) >= 11 is 1.70. The number of aryl methyl sites for hydroxylation is 2. The van der Waals surface area contributed by atoms with E-state index in [-0.39, 0.29) is 6.04 Å². The van der Waals surface area contributed by atoms with E-state index in [0.29, 0.717) is 0 Å². The number of aromatic nitrogens is 1. The van der Waals surface area contributed by atoms with Gasteiger partial charge in [0, 0.05) is 0 Å². The molecular weight excluding hydrogens is 264 g/mol. The van der Waals surface area contributed by atoms with E-state index in [1.165, 1.54) is 21.4 Å². The van der Waals surface area contributed by atoms with E-state index in [1.807, 2.05) is 18.2 Å². The highest BCUT2D eigenvalue weighted by molar-refractivity contribution is 7.18. The first kappa shape index (κ1) is 13.3. The van der Waals surface area contributed by atoms with Gasteiger partial charge in [0.05, 0.1) is 16.3 Å². The third-order valence-corrected chi connectivity index (χ3v) is 4.74. The van der Waals surface area contributed by atoms with Crippen LogP contribution in [-0.4, -0.2) is 4.98 Å². The molecule has 0 fully saturated rings. The molecule has 0 bridgehead atoms. The summed E-state index contributed by atoms with van der Waals surface area (Å²) in [6.45, 7) is 4.26. The number of nitrogens with two attached hydrogens (primary N) is 1. The summed E-state index contributed by atoms with van der Waals surface area (Å²) < 4.78 is 1.21. The van der Waals surface area contributed by atoms with Crippen LogP contribution in [0.15, 0.2) is 42.5 Å². The summed E-state index contributed by atoms with van der Waals surface area (Å²) in [6, 6.07) is 14.7. The second kappa shape index (κ2) is 5.35. The lowest BCUT2D eigenvalue weighted by molar-refractivity contribution is 0.714. The van der Waals surface area contributed by atoms with E-state index >= 15 is 0 Å². The van der Waals surface area contributed by atoms with E-state index in [4.69, 9.17) is 5.73 Å². The van der Waals surface area contributed by atoms with Gasteiger partial charge in [-0.05, 0) is 43.5 Å². The maximum absolute atomic E-state index is 6.36. The van der Waals surface area contributed by atoms with Crippen molar-refractivity contribution in [1.29, 1.82) is 0 Å². The van der Waals surface area contributed by atoms with Gasteiger partial charge in [0.25, 0.3) is 0 Å². The van der Waals surface area contributed by atoms with Crippen LogP contribution >= 0.6 is 11.3 Å². The van der Waals surface area contributed by atoms with Crippen molar-refractivity contribution in [2.24, 2.45) is 5.73 Å². The van der Waals surface area contributed by atoms with Gasteiger partial charge in [-0.1, -0.05) is 35.9 Å². The smallest absolute Gasteiger partial charge is 0.111 e. The number of thiazole rings is 1. The molecule has 0 radical (unpaired) electrons. The van der Waals surface area contributed by atoms with Gasteiger partial charge in [-0.2, -0.15) is 0 Å². The van der Waals surface area contributed by atoms with Crippen molar-refractivity contribution in [2.45, 2.75) is 26.3 Å². The molecule has 0 aliphatic rings. The van der Waals surface area contributed by atoms with Crippen LogP contribution in [0.3, 0.4) is 0 Å². The molecule has 2 aromatic carbocycles. The number of nitrogens with zero attached hydrogens (tertiary/aromatic N) is 1. The molecule has 3 rings (SSSR count). The monoisotopic (exact) mass is 282 g/mol. The molecule has 0 saturated carbocycles. The highest BCUT2D eigenvalue weighted by Gasteiger charge is 2.13. The molecule has 1 atom stereocenters. The van der Waals surface area contributed by atoms with Gasteiger partial charge in [-0.3, -0.25) is 0 Å². The van der Waals surface area contributed by atoms with Crippen molar-refractivity contribution in [3.05, 3.63) is 64.2 Å². The molecular formula is C17H18N2S. The number of hydrogen-bond donors (Lipinski definition) is 1. The predicted octanol–water partition coefficient (Wildman–Crippen LogP) is 4.16. The first-order valence-corrected chi connectivity index (χ1v) is 7.62. The molecule has 20 heavy (non-hydrogen) atoms. The van der Waals surface area contributed by atoms with Crippen molar-refractivity contribution in [1.82, 2.24) is 4.98 Å². The Morgan fingerprint density at radius 3 is 2.75 bits per heavy atom. The van der Waals surface area contributed by atoms with Crippen LogP contribution in [0.1, 0.15) is 27.7 Å². The van der Waals surface area contributed by atoms with Gasteiger partial charge in [-0.25, -0.2) is 4.98 Å². The quantitative estimate of drug-likeness (QED) is 0.783. The molecule has 0 amide bonds. The SMILES string of the molecule is Cc1ccc(C)c(CC(N)c2nc3ccccc3s2)c1. The fourth-order valence-corrected chi connectivity index (χ4v) is 3.36. The third-order valence-electron chi connectivity index (χ3n) is 3.57. The van der Waals surface area contributed by atoms with Gasteiger partial charge in [-0.15, -0.1) is 11.3 Å². The summed E-state index contributed by atoms with van der Waals surface area (Å²) in [5, 5.41) is 1.02. The minimum atomic E-state index is -0.0344. The van der Waals surface area contributed by atoms with Gasteiger partial charge < -0.3 is 5.73 Å². The van der Waals surface area contributed by atoms with E-state index in [9.17, 15) is 0 Å². The number of hydrogen-bond acceptors (Lipinski definition) is 3. The van der Waals surface area contributed by atoms with Crippen LogP contribution in [-0.2, 0) is 6.42 Å². The molecule has 3 heteroatoms. The summed E-state index contributed by atoms with van der Waals surface area (Å²) in [5.41, 5.74) is 11.3. The highest BCUT2D eigenvalue weighted by Crippen LogP contribution is 2.27. The Morgan fingerprint density at radius 1 is 1.15 bits per heavy atom. The number of para-hydroxylation sites is 1. The summed E-state index contributed by atoms with van der Waals surface area (Å²) in [7, 11) is 0. The first-order chi connectivity index (χ1) is 9.63. The van der Waals surface area contributed by atoms with E-state index in [1.54, 1.807) is 11.3 Å². The average Bonchev–Trinajstić information content (AvgIpc) is 2.87. The molecule has 2 N–H and O–H groups in total. The van der Waals surface area contributed by atoms with Crippen LogP contribution in [0.5, 0.6) is 0 Å². The topological polar surface area (TPSA) is 38.9 Å². The van der Waals surface area contributed by atoms with Crippen molar-refractivity contribution >= 4 is 21.6 Å². The maximum Gasteiger partial charge on any atom is 0.111 e. The van der Waals surface area contributed by atoms with Crippen LogP contribution in [0.25, 0.3) is 10.2 Å². The standard InChI is InChI=1S/C17H18N2S/c1-11-7-8-12(2)13(9-11)10-14(18)17-19-15-5-3-4-6-16(15)20-17/h3-9,14H,10,18H2,1-2H3. The Balaban J connectivity index is 1.88. The summed E-state index contributed by atoms with van der Waals surface area (Å²) in [5.74, 6) is 0. The highest BCUT2D eigenvalue weighted by atomic mass is 32.1. The second-order valence-corrected chi connectivity index (χ2v) is 6.32. The van der Waals surface area contributed by atoms with Crippen LogP contribution in [0, 0.1) is 13.8 Å². The summed E-state index contributed by atoms with van der Waals surface area (Å²) in [4.78, 5) is 4.65. The van der Waals surface area contributed by atoms with Gasteiger partial charge in [0.15, 0.2) is 0 Å². The Kier molecular flexibility index (Phi) is 3.55.